The third-order valence-electron chi connectivity index (χ3n) is 15.4. The molecule has 85 heavy (non-hydrogen) atoms. The predicted octanol–water partition coefficient (Wildman–Crippen LogP) is 18.1. The topological polar surface area (TPSA) is 237 Å². The van der Waals surface area contributed by atoms with E-state index in [1.165, 1.54) is 116 Å². The maximum absolute atomic E-state index is 13.0. The molecule has 0 spiro atoms. The van der Waals surface area contributed by atoms with E-state index >= 15 is 0 Å². The highest BCUT2D eigenvalue weighted by molar-refractivity contribution is 7.47. The van der Waals surface area contributed by atoms with Gasteiger partial charge in [0.1, 0.15) is 19.3 Å². The van der Waals surface area contributed by atoms with Crippen molar-refractivity contribution in [2.75, 3.05) is 39.6 Å². The molecule has 3 N–H and O–H groups in total. The second-order valence-corrected chi connectivity index (χ2v) is 28.4. The molecule has 0 aliphatic heterocycles. The lowest BCUT2D eigenvalue weighted by Crippen LogP contribution is -2.30. The number of carbonyl (C=O) groups excluding carboxylic acids is 4. The number of ether oxygens (including phenoxy) is 4. The van der Waals surface area contributed by atoms with Gasteiger partial charge in [-0.25, -0.2) is 9.13 Å². The first kappa shape index (κ1) is 83.1. The van der Waals surface area contributed by atoms with E-state index in [1.807, 2.05) is 0 Å². The lowest BCUT2D eigenvalue weighted by molar-refractivity contribution is -0.161. The molecule has 0 amide bonds. The second kappa shape index (κ2) is 56.1. The molecule has 0 heterocycles. The van der Waals surface area contributed by atoms with Crippen LogP contribution in [0.3, 0.4) is 0 Å². The van der Waals surface area contributed by atoms with Gasteiger partial charge in [0.05, 0.1) is 26.4 Å². The molecule has 19 heteroatoms. The fraction of sp³-hybridized carbons (Fsp3) is 0.939. The summed E-state index contributed by atoms with van der Waals surface area (Å²) in [4.78, 5) is 72.3. The van der Waals surface area contributed by atoms with Crippen LogP contribution in [0.1, 0.15) is 319 Å². The van der Waals surface area contributed by atoms with Crippen molar-refractivity contribution in [1.29, 1.82) is 0 Å². The number of phosphoric ester groups is 2. The van der Waals surface area contributed by atoms with Gasteiger partial charge in [-0.15, -0.1) is 0 Å². The van der Waals surface area contributed by atoms with Crippen molar-refractivity contribution in [1.82, 2.24) is 0 Å². The molecule has 0 aliphatic rings. The maximum atomic E-state index is 13.0. The van der Waals surface area contributed by atoms with Crippen molar-refractivity contribution in [2.24, 2.45) is 23.7 Å². The molecule has 0 saturated carbocycles. The van der Waals surface area contributed by atoms with Gasteiger partial charge in [0.2, 0.25) is 0 Å². The van der Waals surface area contributed by atoms with Gasteiger partial charge in [-0.1, -0.05) is 267 Å². The fourth-order valence-electron chi connectivity index (χ4n) is 9.75. The normalized spacial score (nSPS) is 14.7. The van der Waals surface area contributed by atoms with E-state index in [0.717, 1.165) is 120 Å². The van der Waals surface area contributed by atoms with Crippen LogP contribution in [-0.2, 0) is 65.4 Å². The van der Waals surface area contributed by atoms with Crippen molar-refractivity contribution in [3.63, 3.8) is 0 Å². The van der Waals surface area contributed by atoms with Crippen molar-refractivity contribution in [2.45, 2.75) is 337 Å². The highest BCUT2D eigenvalue weighted by atomic mass is 31.2. The Morgan fingerprint density at radius 2 is 0.565 bits per heavy atom. The number of rotatable bonds is 63. The number of hydrogen-bond donors (Lipinski definition) is 3. The van der Waals surface area contributed by atoms with Gasteiger partial charge in [0.15, 0.2) is 12.2 Å². The molecule has 6 atom stereocenters. The molecule has 17 nitrogen and oxygen atoms in total. The molecule has 0 bridgehead atoms. The minimum absolute atomic E-state index is 0.103. The molecule has 4 unspecified atom stereocenters. The van der Waals surface area contributed by atoms with E-state index in [9.17, 15) is 43.2 Å². The zero-order chi connectivity index (χ0) is 63.2. The molecule has 0 fully saturated rings. The number of hydrogen-bond acceptors (Lipinski definition) is 15. The highest BCUT2D eigenvalue weighted by Gasteiger charge is 2.30. The summed E-state index contributed by atoms with van der Waals surface area (Å²) in [5, 5.41) is 10.6. The molecule has 0 aromatic carbocycles. The largest absolute Gasteiger partial charge is 0.472 e. The van der Waals surface area contributed by atoms with Crippen molar-refractivity contribution >= 4 is 39.5 Å². The Morgan fingerprint density at radius 1 is 0.329 bits per heavy atom. The van der Waals surface area contributed by atoms with Crippen molar-refractivity contribution < 1.29 is 80.2 Å². The van der Waals surface area contributed by atoms with E-state index < -0.39 is 97.5 Å². The molecular weight excluding hydrogens is 1130 g/mol. The summed E-state index contributed by atoms with van der Waals surface area (Å²) < 4.78 is 68.1. The standard InChI is InChI=1S/C66H128O17P2/c1-9-59(8)45-37-29-24-25-31-39-47-64(69)77-53-62(82-65(70)48-40-32-22-13-11-10-12-18-26-34-42-56(2)3)55-81-85(74,75)79-51-60(67)50-78-84(72,73)80-54-61(83-66(71)49-41-33-23-17-15-20-28-36-44-58(6)7)52-76-63(68)46-38-30-21-16-14-19-27-35-43-57(4)5/h56-62,67H,9-55H2,1-8H3,(H,72,73)(H,74,75)/t59?,60?,61-,62-/m1/s1. The Labute approximate surface area is 517 Å². The van der Waals surface area contributed by atoms with E-state index in [4.69, 9.17) is 37.0 Å². The third-order valence-corrected chi connectivity index (χ3v) is 17.3. The summed E-state index contributed by atoms with van der Waals surface area (Å²) in [6.45, 7) is 14.0. The summed E-state index contributed by atoms with van der Waals surface area (Å²) >= 11 is 0. The minimum Gasteiger partial charge on any atom is -0.462 e. The van der Waals surface area contributed by atoms with Crippen LogP contribution in [0, 0.1) is 23.7 Å². The Hall–Kier alpha value is -1.94. The van der Waals surface area contributed by atoms with Gasteiger partial charge < -0.3 is 33.8 Å². The average Bonchev–Trinajstić information content (AvgIpc) is 3.51. The zero-order valence-electron chi connectivity index (χ0n) is 55.2. The van der Waals surface area contributed by atoms with Gasteiger partial charge in [0, 0.05) is 25.7 Å². The molecule has 504 valence electrons. The number of phosphoric acid groups is 2. The van der Waals surface area contributed by atoms with Crippen LogP contribution >= 0.6 is 15.6 Å². The Kier molecular flexibility index (Phi) is 54.8. The molecular formula is C66H128O17P2. The monoisotopic (exact) mass is 1250 g/mol. The van der Waals surface area contributed by atoms with Crippen molar-refractivity contribution in [3.8, 4) is 0 Å². The molecule has 0 rings (SSSR count). The zero-order valence-corrected chi connectivity index (χ0v) is 57.0. The van der Waals surface area contributed by atoms with Crippen molar-refractivity contribution in [3.05, 3.63) is 0 Å². The summed E-state index contributed by atoms with van der Waals surface area (Å²) in [5.41, 5.74) is 0. The number of aliphatic hydroxyl groups excluding tert-OH is 1. The van der Waals surface area contributed by atoms with Gasteiger partial charge in [-0.05, 0) is 49.4 Å². The van der Waals surface area contributed by atoms with Crippen LogP contribution in [0.2, 0.25) is 0 Å². The van der Waals surface area contributed by atoms with Crippen LogP contribution in [0.15, 0.2) is 0 Å². The maximum Gasteiger partial charge on any atom is 0.472 e. The Morgan fingerprint density at radius 3 is 0.835 bits per heavy atom. The van der Waals surface area contributed by atoms with E-state index in [-0.39, 0.29) is 25.7 Å². The van der Waals surface area contributed by atoms with E-state index in [2.05, 4.69) is 55.4 Å². The minimum atomic E-state index is -4.95. The van der Waals surface area contributed by atoms with Crippen LogP contribution < -0.4 is 0 Å². The summed E-state index contributed by atoms with van der Waals surface area (Å²) in [5.74, 6) is 0.790. The van der Waals surface area contributed by atoms with Gasteiger partial charge >= 0.3 is 39.5 Å². The average molecular weight is 1260 g/mol. The molecule has 0 aromatic heterocycles. The first-order valence-electron chi connectivity index (χ1n) is 34.2. The predicted molar refractivity (Wildman–Crippen MR) is 340 cm³/mol. The number of unbranched alkanes of at least 4 members (excludes halogenated alkanes) is 28. The van der Waals surface area contributed by atoms with Gasteiger partial charge in [0.25, 0.3) is 0 Å². The van der Waals surface area contributed by atoms with E-state index in [0.29, 0.717) is 25.7 Å². The van der Waals surface area contributed by atoms with Crippen LogP contribution in [0.25, 0.3) is 0 Å². The molecule has 0 aliphatic carbocycles. The van der Waals surface area contributed by atoms with Crippen LogP contribution in [0.5, 0.6) is 0 Å². The number of esters is 4. The smallest absolute Gasteiger partial charge is 0.462 e. The summed E-state index contributed by atoms with van der Waals surface area (Å²) in [7, 11) is -9.89. The van der Waals surface area contributed by atoms with Crippen LogP contribution in [0.4, 0.5) is 0 Å². The first-order valence-corrected chi connectivity index (χ1v) is 37.2. The van der Waals surface area contributed by atoms with E-state index in [1.54, 1.807) is 0 Å². The summed E-state index contributed by atoms with van der Waals surface area (Å²) in [6, 6.07) is 0. The quantitative estimate of drug-likeness (QED) is 0.0222. The molecule has 0 aromatic rings. The van der Waals surface area contributed by atoms with Gasteiger partial charge in [-0.3, -0.25) is 37.3 Å². The second-order valence-electron chi connectivity index (χ2n) is 25.5. The highest BCUT2D eigenvalue weighted by Crippen LogP contribution is 2.45. The SMILES string of the molecule is CCC(C)CCCCCCCCC(=O)OC[C@H](COP(=O)(O)OCC(O)COP(=O)(O)OC[C@@H](COC(=O)CCCCCCCCCCC(C)C)OC(=O)CCCCCCCCCCC(C)C)OC(=O)CCCCCCCCCCCCC(C)C. The lowest BCUT2D eigenvalue weighted by Gasteiger charge is -2.21. The summed E-state index contributed by atoms with van der Waals surface area (Å²) in [6.07, 6.45) is 36.3. The molecule has 0 radical (unpaired) electrons. The molecule has 0 saturated heterocycles. The lowest BCUT2D eigenvalue weighted by atomic mass is 10.00. The number of aliphatic hydroxyl groups is 1. The van der Waals surface area contributed by atoms with Gasteiger partial charge in [-0.2, -0.15) is 0 Å². The fourth-order valence-corrected chi connectivity index (χ4v) is 11.3. The Bertz CT molecular complexity index is 1700. The third kappa shape index (κ3) is 59.5. The Balaban J connectivity index is 5.26. The van der Waals surface area contributed by atoms with Crippen LogP contribution in [-0.4, -0.2) is 96.7 Å². The number of carbonyl (C=O) groups is 4. The first-order chi connectivity index (χ1) is 40.6.